The van der Waals surface area contributed by atoms with Crippen LogP contribution in [-0.2, 0) is 15.7 Å². The summed E-state index contributed by atoms with van der Waals surface area (Å²) < 4.78 is 58.1. The van der Waals surface area contributed by atoms with Gasteiger partial charge in [-0.15, -0.1) is 0 Å². The number of aliphatic hydroxyl groups excluding tert-OH is 1. The van der Waals surface area contributed by atoms with E-state index in [1.165, 1.54) is 24.3 Å². The van der Waals surface area contributed by atoms with Gasteiger partial charge in [-0.2, -0.15) is 13.2 Å². The molecule has 1 N–H and O–H groups in total. The van der Waals surface area contributed by atoms with Crippen molar-refractivity contribution in [1.29, 1.82) is 0 Å². The van der Waals surface area contributed by atoms with Crippen molar-refractivity contribution in [3.05, 3.63) is 83.2 Å². The Kier molecular flexibility index (Phi) is 7.26. The van der Waals surface area contributed by atoms with Gasteiger partial charge in [0.05, 0.1) is 29.5 Å². The standard InChI is InChI=1S/C28H25F4NO3/c1-16(2)24-15-25(17-3-7-19(8-4-17)28(30,31)32)33-27(18-5-9-20(29)10-6-18)23(24)12-11-22-13-21(34)14-26(35)36-22/h3-12,15-16,21-22,34H,13-14H2,1-2H3/b12-11+/t21-,22-/m1/s1. The van der Waals surface area contributed by atoms with E-state index in [-0.39, 0.29) is 18.8 Å². The third-order valence-corrected chi connectivity index (χ3v) is 6.01. The first kappa shape index (κ1) is 25.6. The maximum absolute atomic E-state index is 13.7. The van der Waals surface area contributed by atoms with Gasteiger partial charge in [0.2, 0.25) is 0 Å². The fourth-order valence-corrected chi connectivity index (χ4v) is 4.16. The van der Waals surface area contributed by atoms with Crippen LogP contribution in [0, 0.1) is 5.82 Å². The molecule has 2 atom stereocenters. The maximum atomic E-state index is 13.7. The monoisotopic (exact) mass is 499 g/mol. The Morgan fingerprint density at radius 3 is 2.28 bits per heavy atom. The van der Waals surface area contributed by atoms with E-state index in [1.807, 2.05) is 19.9 Å². The number of aromatic nitrogens is 1. The first-order valence-electron chi connectivity index (χ1n) is 11.6. The lowest BCUT2D eigenvalue weighted by atomic mass is 9.91. The largest absolute Gasteiger partial charge is 0.458 e. The molecule has 1 fully saturated rings. The Morgan fingerprint density at radius 1 is 1.06 bits per heavy atom. The van der Waals surface area contributed by atoms with Crippen molar-refractivity contribution >= 4 is 12.0 Å². The van der Waals surface area contributed by atoms with Gasteiger partial charge >= 0.3 is 12.1 Å². The zero-order valence-corrected chi connectivity index (χ0v) is 19.7. The first-order chi connectivity index (χ1) is 17.0. The molecule has 0 amide bonds. The summed E-state index contributed by atoms with van der Waals surface area (Å²) in [5.41, 5.74) is 2.93. The molecule has 0 unspecified atom stereocenters. The molecule has 0 spiro atoms. The molecule has 1 aliphatic heterocycles. The Hall–Kier alpha value is -3.52. The average Bonchev–Trinajstić information content (AvgIpc) is 2.81. The Bertz CT molecular complexity index is 1270. The van der Waals surface area contributed by atoms with Gasteiger partial charge in [0.25, 0.3) is 0 Å². The number of halogens is 4. The lowest BCUT2D eigenvalue weighted by Gasteiger charge is -2.24. The SMILES string of the molecule is CC(C)c1cc(-c2ccc(C(F)(F)F)cc2)nc(-c2ccc(F)cc2)c1/C=C/[C@@H]1C[C@@H](O)CC(=O)O1. The van der Waals surface area contributed by atoms with Gasteiger partial charge in [-0.3, -0.25) is 4.79 Å². The van der Waals surface area contributed by atoms with Crippen LogP contribution in [0.4, 0.5) is 17.6 Å². The van der Waals surface area contributed by atoms with E-state index < -0.39 is 35.7 Å². The van der Waals surface area contributed by atoms with Gasteiger partial charge < -0.3 is 9.84 Å². The minimum absolute atomic E-state index is 0.000423. The van der Waals surface area contributed by atoms with Crippen molar-refractivity contribution in [2.75, 3.05) is 0 Å². The predicted octanol–water partition coefficient (Wildman–Crippen LogP) is 6.78. The van der Waals surface area contributed by atoms with Crippen LogP contribution in [0.5, 0.6) is 0 Å². The van der Waals surface area contributed by atoms with Gasteiger partial charge in [-0.25, -0.2) is 9.37 Å². The Labute approximate surface area is 206 Å². The summed E-state index contributed by atoms with van der Waals surface area (Å²) in [4.78, 5) is 16.5. The number of hydrogen-bond donors (Lipinski definition) is 1. The topological polar surface area (TPSA) is 59.4 Å². The van der Waals surface area contributed by atoms with Crippen LogP contribution in [0.15, 0.2) is 60.7 Å². The van der Waals surface area contributed by atoms with Crippen molar-refractivity contribution in [2.24, 2.45) is 0 Å². The molecule has 0 aliphatic carbocycles. The van der Waals surface area contributed by atoms with E-state index in [1.54, 1.807) is 24.3 Å². The van der Waals surface area contributed by atoms with Crippen molar-refractivity contribution < 1.29 is 32.2 Å². The van der Waals surface area contributed by atoms with Gasteiger partial charge in [0.1, 0.15) is 11.9 Å². The molecule has 1 aromatic heterocycles. The summed E-state index contributed by atoms with van der Waals surface area (Å²) in [6.45, 7) is 3.95. The molecule has 3 aromatic rings. The molecular formula is C28H25F4NO3. The second-order valence-corrected chi connectivity index (χ2v) is 9.08. The molecule has 8 heteroatoms. The highest BCUT2D eigenvalue weighted by Crippen LogP contribution is 2.36. The Morgan fingerprint density at radius 2 is 1.69 bits per heavy atom. The van der Waals surface area contributed by atoms with Crippen molar-refractivity contribution in [3.63, 3.8) is 0 Å². The number of rotatable bonds is 5. The molecule has 1 aliphatic rings. The molecule has 1 saturated heterocycles. The van der Waals surface area contributed by atoms with Crippen molar-refractivity contribution in [1.82, 2.24) is 4.98 Å². The fraction of sp³-hybridized carbons (Fsp3) is 0.286. The maximum Gasteiger partial charge on any atom is 0.416 e. The number of hydrogen-bond acceptors (Lipinski definition) is 4. The molecule has 36 heavy (non-hydrogen) atoms. The number of pyridine rings is 1. The van der Waals surface area contributed by atoms with E-state index in [2.05, 4.69) is 0 Å². The van der Waals surface area contributed by atoms with Crippen LogP contribution in [-0.4, -0.2) is 28.3 Å². The number of esters is 1. The van der Waals surface area contributed by atoms with Gasteiger partial charge in [-0.1, -0.05) is 32.1 Å². The van der Waals surface area contributed by atoms with Gasteiger partial charge in [-0.05, 0) is 60.0 Å². The van der Waals surface area contributed by atoms with E-state index >= 15 is 0 Å². The molecule has 4 nitrogen and oxygen atoms in total. The number of nitrogens with zero attached hydrogens (tertiary/aromatic N) is 1. The zero-order valence-electron chi connectivity index (χ0n) is 19.7. The third kappa shape index (κ3) is 5.82. The number of aliphatic hydroxyl groups is 1. The van der Waals surface area contributed by atoms with Gasteiger partial charge in [0, 0.05) is 23.1 Å². The molecule has 0 saturated carbocycles. The van der Waals surface area contributed by atoms with Crippen LogP contribution < -0.4 is 0 Å². The quantitative estimate of drug-likeness (QED) is 0.311. The molecular weight excluding hydrogens is 474 g/mol. The second-order valence-electron chi connectivity index (χ2n) is 9.08. The van der Waals surface area contributed by atoms with E-state index in [0.717, 1.165) is 17.7 Å². The van der Waals surface area contributed by atoms with E-state index in [9.17, 15) is 27.5 Å². The molecule has 2 heterocycles. The highest BCUT2D eigenvalue weighted by molar-refractivity contribution is 5.78. The number of ether oxygens (including phenoxy) is 1. The summed E-state index contributed by atoms with van der Waals surface area (Å²) in [6.07, 6.45) is -2.17. The van der Waals surface area contributed by atoms with Crippen LogP contribution in [0.25, 0.3) is 28.6 Å². The highest BCUT2D eigenvalue weighted by atomic mass is 19.4. The van der Waals surface area contributed by atoms with Crippen LogP contribution in [0.2, 0.25) is 0 Å². The smallest absolute Gasteiger partial charge is 0.416 e. The molecule has 0 bridgehead atoms. The van der Waals surface area contributed by atoms with E-state index in [0.29, 0.717) is 28.1 Å². The van der Waals surface area contributed by atoms with Crippen LogP contribution in [0.3, 0.4) is 0 Å². The summed E-state index contributed by atoms with van der Waals surface area (Å²) in [5.74, 6) is -0.900. The zero-order chi connectivity index (χ0) is 26.0. The normalized spacial score (nSPS) is 18.6. The summed E-state index contributed by atoms with van der Waals surface area (Å²) in [6, 6.07) is 12.4. The number of cyclic esters (lactones) is 1. The minimum atomic E-state index is -4.45. The lowest BCUT2D eigenvalue weighted by molar-refractivity contribution is -0.156. The first-order valence-corrected chi connectivity index (χ1v) is 11.6. The summed E-state index contributed by atoms with van der Waals surface area (Å²) in [5, 5.41) is 9.93. The van der Waals surface area contributed by atoms with Crippen LogP contribution in [0.1, 0.15) is 49.3 Å². The molecule has 2 aromatic carbocycles. The van der Waals surface area contributed by atoms with Crippen LogP contribution >= 0.6 is 0 Å². The lowest BCUT2D eigenvalue weighted by Crippen LogP contribution is -2.31. The number of benzene rings is 2. The average molecular weight is 500 g/mol. The molecule has 4 rings (SSSR count). The number of carbonyl (C=O) groups excluding carboxylic acids is 1. The highest BCUT2D eigenvalue weighted by Gasteiger charge is 2.30. The summed E-state index contributed by atoms with van der Waals surface area (Å²) in [7, 11) is 0. The minimum Gasteiger partial charge on any atom is -0.458 e. The second kappa shape index (κ2) is 10.2. The molecule has 188 valence electrons. The van der Waals surface area contributed by atoms with Gasteiger partial charge in [0.15, 0.2) is 0 Å². The third-order valence-electron chi connectivity index (χ3n) is 6.01. The Balaban J connectivity index is 1.84. The van der Waals surface area contributed by atoms with Crippen molar-refractivity contribution in [3.8, 4) is 22.5 Å². The number of alkyl halides is 3. The van der Waals surface area contributed by atoms with E-state index in [4.69, 9.17) is 9.72 Å². The molecule has 0 radical (unpaired) electrons. The fourth-order valence-electron chi connectivity index (χ4n) is 4.16. The number of carbonyl (C=O) groups is 1. The van der Waals surface area contributed by atoms with Crippen molar-refractivity contribution in [2.45, 2.75) is 51.0 Å². The predicted molar refractivity (Wildman–Crippen MR) is 128 cm³/mol. The summed E-state index contributed by atoms with van der Waals surface area (Å²) >= 11 is 0.